The third-order valence-corrected chi connectivity index (χ3v) is 7.57. The van der Waals surface area contributed by atoms with E-state index in [1.54, 1.807) is 43.3 Å². The molecular formula is C27H20Cl2N2O5S. The number of esters is 1. The highest BCUT2D eigenvalue weighted by molar-refractivity contribution is 7.07. The van der Waals surface area contributed by atoms with Gasteiger partial charge in [-0.1, -0.05) is 70.9 Å². The number of hydrogen-bond donors (Lipinski definition) is 0. The maximum absolute atomic E-state index is 13.6. The third kappa shape index (κ3) is 4.87. The topological polar surface area (TPSA) is 83.0 Å². The number of benzene rings is 2. The standard InChI is InChI=1S/C27H20Cl2N2O5S/c1-15-22(26(33)34-2)24(16-7-4-3-5-8-16)31-25(32)21(37-27(31)30-15)13-17-11-12-18(36-17)14-35-20-10-6-9-19(28)23(20)29/h3-13,24H,14H2,1-2H3/t24-/m0/s1. The number of fused-ring (bicyclic) bond motifs is 1. The largest absolute Gasteiger partial charge is 0.484 e. The first-order valence-electron chi connectivity index (χ1n) is 11.2. The Kier molecular flexibility index (Phi) is 7.06. The molecule has 3 heterocycles. The zero-order chi connectivity index (χ0) is 26.1. The molecule has 0 radical (unpaired) electrons. The number of methoxy groups -OCH3 is 1. The number of rotatable bonds is 6. The molecule has 4 aromatic rings. The molecule has 5 rings (SSSR count). The van der Waals surface area contributed by atoms with E-state index >= 15 is 0 Å². The molecule has 1 atom stereocenters. The van der Waals surface area contributed by atoms with Crippen LogP contribution in [0.15, 0.2) is 86.1 Å². The number of aromatic nitrogens is 1. The van der Waals surface area contributed by atoms with Crippen LogP contribution >= 0.6 is 34.5 Å². The number of hydrogen-bond acceptors (Lipinski definition) is 7. The Hall–Kier alpha value is -3.59. The van der Waals surface area contributed by atoms with Gasteiger partial charge in [-0.15, -0.1) is 0 Å². The van der Waals surface area contributed by atoms with E-state index in [0.29, 0.717) is 47.9 Å². The van der Waals surface area contributed by atoms with Gasteiger partial charge in [0.15, 0.2) is 4.80 Å². The molecular weight excluding hydrogens is 535 g/mol. The molecule has 0 N–H and O–H groups in total. The third-order valence-electron chi connectivity index (χ3n) is 5.78. The summed E-state index contributed by atoms with van der Waals surface area (Å²) in [5.41, 5.74) is 1.32. The fraction of sp³-hybridized carbons (Fsp3) is 0.148. The summed E-state index contributed by atoms with van der Waals surface area (Å²) in [7, 11) is 1.31. The summed E-state index contributed by atoms with van der Waals surface area (Å²) in [6, 6.07) is 17.3. The number of ether oxygens (including phenoxy) is 2. The van der Waals surface area contributed by atoms with Gasteiger partial charge in [-0.05, 0) is 36.8 Å². The van der Waals surface area contributed by atoms with Crippen molar-refractivity contribution in [2.45, 2.75) is 19.6 Å². The first-order valence-corrected chi connectivity index (χ1v) is 12.8. The van der Waals surface area contributed by atoms with Crippen molar-refractivity contribution in [2.24, 2.45) is 4.99 Å². The van der Waals surface area contributed by atoms with Gasteiger partial charge in [0.05, 0.1) is 34.0 Å². The van der Waals surface area contributed by atoms with Crippen molar-refractivity contribution in [3.63, 3.8) is 0 Å². The Balaban J connectivity index is 1.50. The lowest BCUT2D eigenvalue weighted by atomic mass is 9.96. The second-order valence-electron chi connectivity index (χ2n) is 8.13. The molecule has 10 heteroatoms. The predicted octanol–water partition coefficient (Wildman–Crippen LogP) is 4.89. The van der Waals surface area contributed by atoms with E-state index in [0.717, 1.165) is 5.56 Å². The average Bonchev–Trinajstić information content (AvgIpc) is 3.48. The SMILES string of the molecule is COC(=O)C1=C(C)N=c2sc(=Cc3ccc(COc4cccc(Cl)c4Cl)o3)c(=O)n2[C@H]1c1ccccc1. The highest BCUT2D eigenvalue weighted by atomic mass is 35.5. The molecule has 0 spiro atoms. The van der Waals surface area contributed by atoms with E-state index in [1.165, 1.54) is 23.0 Å². The molecule has 0 bridgehead atoms. The van der Waals surface area contributed by atoms with Crippen molar-refractivity contribution >= 4 is 46.6 Å². The second kappa shape index (κ2) is 10.4. The molecule has 0 saturated heterocycles. The van der Waals surface area contributed by atoms with Gasteiger partial charge in [-0.25, -0.2) is 9.79 Å². The summed E-state index contributed by atoms with van der Waals surface area (Å²) < 4.78 is 18.6. The van der Waals surface area contributed by atoms with Crippen LogP contribution in [0, 0.1) is 0 Å². The number of thiazole rings is 1. The zero-order valence-corrected chi connectivity index (χ0v) is 22.1. The molecule has 188 valence electrons. The molecule has 2 aromatic carbocycles. The molecule has 2 aromatic heterocycles. The summed E-state index contributed by atoms with van der Waals surface area (Å²) in [4.78, 5) is 31.3. The van der Waals surface area contributed by atoms with Crippen LogP contribution in [-0.2, 0) is 16.1 Å². The van der Waals surface area contributed by atoms with Gasteiger partial charge in [0.25, 0.3) is 5.56 Å². The van der Waals surface area contributed by atoms with E-state index in [1.807, 2.05) is 30.3 Å². The summed E-state index contributed by atoms with van der Waals surface area (Å²) >= 11 is 13.4. The summed E-state index contributed by atoms with van der Waals surface area (Å²) in [6.07, 6.45) is 1.65. The number of nitrogens with zero attached hydrogens (tertiary/aromatic N) is 2. The number of carbonyl (C=O) groups is 1. The van der Waals surface area contributed by atoms with Gasteiger partial charge in [0, 0.05) is 6.08 Å². The van der Waals surface area contributed by atoms with Crippen molar-refractivity contribution < 1.29 is 18.7 Å². The van der Waals surface area contributed by atoms with E-state index in [4.69, 9.17) is 37.1 Å². The minimum Gasteiger partial charge on any atom is -0.484 e. The molecule has 7 nitrogen and oxygen atoms in total. The van der Waals surface area contributed by atoms with E-state index < -0.39 is 12.0 Å². The molecule has 37 heavy (non-hydrogen) atoms. The minimum atomic E-state index is -0.657. The lowest BCUT2D eigenvalue weighted by Crippen LogP contribution is -2.39. The molecule has 0 unspecified atom stereocenters. The Morgan fingerprint density at radius 1 is 1.14 bits per heavy atom. The van der Waals surface area contributed by atoms with Crippen LogP contribution in [0.2, 0.25) is 10.0 Å². The van der Waals surface area contributed by atoms with Crippen molar-refractivity contribution in [3.05, 3.63) is 119 Å². The molecule has 0 fully saturated rings. The van der Waals surface area contributed by atoms with Gasteiger partial charge in [0.2, 0.25) is 0 Å². The monoisotopic (exact) mass is 554 g/mol. The van der Waals surface area contributed by atoms with Gasteiger partial charge >= 0.3 is 5.97 Å². The molecule has 1 aliphatic rings. The van der Waals surface area contributed by atoms with Crippen LogP contribution in [0.25, 0.3) is 6.08 Å². The molecule has 0 amide bonds. The number of allylic oxidation sites excluding steroid dienone is 1. The summed E-state index contributed by atoms with van der Waals surface area (Å²) in [5, 5.41) is 0.723. The van der Waals surface area contributed by atoms with Gasteiger partial charge in [-0.3, -0.25) is 9.36 Å². The first-order chi connectivity index (χ1) is 17.9. The van der Waals surface area contributed by atoms with E-state index in [2.05, 4.69) is 4.99 Å². The summed E-state index contributed by atoms with van der Waals surface area (Å²) in [5.74, 6) is 0.931. The van der Waals surface area contributed by atoms with Crippen molar-refractivity contribution in [2.75, 3.05) is 7.11 Å². The fourth-order valence-corrected chi connectivity index (χ4v) is 5.44. The zero-order valence-electron chi connectivity index (χ0n) is 19.7. The van der Waals surface area contributed by atoms with Crippen molar-refractivity contribution in [3.8, 4) is 5.75 Å². The predicted molar refractivity (Wildman–Crippen MR) is 142 cm³/mol. The lowest BCUT2D eigenvalue weighted by Gasteiger charge is -2.24. The van der Waals surface area contributed by atoms with Crippen molar-refractivity contribution in [1.82, 2.24) is 4.57 Å². The van der Waals surface area contributed by atoms with E-state index in [9.17, 15) is 9.59 Å². The smallest absolute Gasteiger partial charge is 0.338 e. The Morgan fingerprint density at radius 2 is 1.92 bits per heavy atom. The fourth-order valence-electron chi connectivity index (χ4n) is 4.07. The molecule has 0 saturated carbocycles. The maximum Gasteiger partial charge on any atom is 0.338 e. The van der Waals surface area contributed by atoms with Crippen LogP contribution < -0.4 is 19.6 Å². The van der Waals surface area contributed by atoms with Gasteiger partial charge in [0.1, 0.15) is 28.9 Å². The normalized spacial score (nSPS) is 15.4. The van der Waals surface area contributed by atoms with Crippen LogP contribution in [0.5, 0.6) is 5.75 Å². The van der Waals surface area contributed by atoms with Gasteiger partial charge in [-0.2, -0.15) is 0 Å². The van der Waals surface area contributed by atoms with Gasteiger partial charge < -0.3 is 13.9 Å². The Bertz CT molecular complexity index is 1700. The minimum absolute atomic E-state index is 0.130. The Labute approximate surface area is 225 Å². The second-order valence-corrected chi connectivity index (χ2v) is 9.92. The maximum atomic E-state index is 13.6. The number of furan rings is 1. The molecule has 1 aliphatic heterocycles. The molecule has 0 aliphatic carbocycles. The number of carbonyl (C=O) groups excluding carboxylic acids is 1. The Morgan fingerprint density at radius 3 is 2.68 bits per heavy atom. The first kappa shape index (κ1) is 25.1. The van der Waals surface area contributed by atoms with Crippen molar-refractivity contribution in [1.29, 1.82) is 0 Å². The quantitative estimate of drug-likeness (QED) is 0.317. The van der Waals surface area contributed by atoms with Crippen LogP contribution in [0.3, 0.4) is 0 Å². The highest BCUT2D eigenvalue weighted by Crippen LogP contribution is 2.32. The lowest BCUT2D eigenvalue weighted by molar-refractivity contribution is -0.136. The summed E-state index contributed by atoms with van der Waals surface area (Å²) in [6.45, 7) is 1.87. The van der Waals surface area contributed by atoms with E-state index in [-0.39, 0.29) is 12.2 Å². The van der Waals surface area contributed by atoms with Crippen LogP contribution in [0.4, 0.5) is 0 Å². The average molecular weight is 555 g/mol. The van der Waals surface area contributed by atoms with Crippen LogP contribution in [-0.4, -0.2) is 17.6 Å². The van der Waals surface area contributed by atoms with Crippen LogP contribution in [0.1, 0.15) is 30.0 Å². The highest BCUT2D eigenvalue weighted by Gasteiger charge is 2.32. The number of halogens is 2.